The van der Waals surface area contributed by atoms with E-state index in [9.17, 15) is 4.79 Å². The quantitative estimate of drug-likeness (QED) is 0.725. The summed E-state index contributed by atoms with van der Waals surface area (Å²) in [5.74, 6) is 0.934. The van der Waals surface area contributed by atoms with Crippen LogP contribution in [0.1, 0.15) is 44.9 Å². The summed E-state index contributed by atoms with van der Waals surface area (Å²) >= 11 is 1.43. The number of anilines is 1. The Morgan fingerprint density at radius 1 is 1.45 bits per heavy atom. The molecular formula is C15H24N4O2S. The number of hydrogen-bond donors (Lipinski definition) is 2. The van der Waals surface area contributed by atoms with E-state index in [4.69, 9.17) is 5.11 Å². The first-order chi connectivity index (χ1) is 10.6. The third kappa shape index (κ3) is 4.16. The molecule has 0 aromatic carbocycles. The second-order valence-electron chi connectivity index (χ2n) is 6.50. The van der Waals surface area contributed by atoms with Crippen LogP contribution in [-0.2, 0) is 11.2 Å². The molecule has 3 rings (SSSR count). The Balaban J connectivity index is 1.45. The minimum absolute atomic E-state index is 0.174. The Labute approximate surface area is 135 Å². The molecule has 0 saturated heterocycles. The number of nitrogens with one attached hydrogen (secondary N) is 1. The van der Waals surface area contributed by atoms with Crippen molar-refractivity contribution in [2.75, 3.05) is 18.4 Å². The second-order valence-corrected chi connectivity index (χ2v) is 7.25. The predicted molar refractivity (Wildman–Crippen MR) is 86.3 cm³/mol. The van der Waals surface area contributed by atoms with Gasteiger partial charge in [0.25, 0.3) is 0 Å². The number of carbonyl (C=O) groups is 1. The van der Waals surface area contributed by atoms with Gasteiger partial charge in [-0.05, 0) is 38.0 Å². The van der Waals surface area contributed by atoms with Crippen LogP contribution in [0.25, 0.3) is 0 Å². The third-order valence-corrected chi connectivity index (χ3v) is 5.11. The lowest BCUT2D eigenvalue weighted by Gasteiger charge is -2.42. The van der Waals surface area contributed by atoms with Crippen molar-refractivity contribution < 1.29 is 9.90 Å². The van der Waals surface area contributed by atoms with Crippen molar-refractivity contribution in [2.24, 2.45) is 5.92 Å². The van der Waals surface area contributed by atoms with Crippen molar-refractivity contribution in [3.05, 3.63) is 5.82 Å². The lowest BCUT2D eigenvalue weighted by Crippen LogP contribution is -2.52. The van der Waals surface area contributed by atoms with Gasteiger partial charge in [0.05, 0.1) is 6.54 Å². The fraction of sp³-hybridized carbons (Fsp3) is 0.800. The SMILES string of the molecule is CCCc1nsc(NC2CC(N(CC(=O)O)CC3CC3)C2)n1. The molecule has 2 aliphatic carbocycles. The zero-order chi connectivity index (χ0) is 15.5. The summed E-state index contributed by atoms with van der Waals surface area (Å²) < 4.78 is 4.34. The van der Waals surface area contributed by atoms with Gasteiger partial charge in [0.2, 0.25) is 5.13 Å². The highest BCUT2D eigenvalue weighted by molar-refractivity contribution is 7.09. The highest BCUT2D eigenvalue weighted by atomic mass is 32.1. The lowest BCUT2D eigenvalue weighted by atomic mass is 9.85. The van der Waals surface area contributed by atoms with Gasteiger partial charge in [-0.2, -0.15) is 4.37 Å². The molecule has 7 heteroatoms. The lowest BCUT2D eigenvalue weighted by molar-refractivity contribution is -0.139. The van der Waals surface area contributed by atoms with Crippen LogP contribution >= 0.6 is 11.5 Å². The van der Waals surface area contributed by atoms with Crippen LogP contribution in [0.2, 0.25) is 0 Å². The summed E-state index contributed by atoms with van der Waals surface area (Å²) in [5.41, 5.74) is 0. The maximum atomic E-state index is 11.0. The smallest absolute Gasteiger partial charge is 0.317 e. The molecule has 0 radical (unpaired) electrons. The molecule has 2 aliphatic rings. The van der Waals surface area contributed by atoms with Crippen molar-refractivity contribution in [1.82, 2.24) is 14.3 Å². The van der Waals surface area contributed by atoms with Gasteiger partial charge in [-0.1, -0.05) is 6.92 Å². The normalized spacial score (nSPS) is 24.3. The van der Waals surface area contributed by atoms with E-state index < -0.39 is 5.97 Å². The van der Waals surface area contributed by atoms with Crippen LogP contribution in [0.5, 0.6) is 0 Å². The summed E-state index contributed by atoms with van der Waals surface area (Å²) in [7, 11) is 0. The Kier molecular flexibility index (Phi) is 4.93. The molecule has 1 heterocycles. The Morgan fingerprint density at radius 3 is 2.86 bits per heavy atom. The summed E-state index contributed by atoms with van der Waals surface area (Å²) in [6.07, 6.45) is 6.52. The van der Waals surface area contributed by atoms with E-state index in [1.807, 2.05) is 0 Å². The molecule has 2 saturated carbocycles. The van der Waals surface area contributed by atoms with Gasteiger partial charge in [0.15, 0.2) is 0 Å². The molecule has 0 unspecified atom stereocenters. The van der Waals surface area contributed by atoms with Crippen molar-refractivity contribution >= 4 is 22.6 Å². The van der Waals surface area contributed by atoms with E-state index in [1.165, 1.54) is 24.4 Å². The van der Waals surface area contributed by atoms with Gasteiger partial charge in [-0.25, -0.2) is 4.98 Å². The molecular weight excluding hydrogens is 300 g/mol. The Hall–Kier alpha value is -1.21. The predicted octanol–water partition coefficient (Wildman–Crippen LogP) is 2.23. The van der Waals surface area contributed by atoms with Crippen LogP contribution < -0.4 is 5.32 Å². The van der Waals surface area contributed by atoms with Crippen molar-refractivity contribution in [3.63, 3.8) is 0 Å². The average Bonchev–Trinajstić information content (AvgIpc) is 3.11. The van der Waals surface area contributed by atoms with Gasteiger partial charge in [0.1, 0.15) is 5.82 Å². The molecule has 122 valence electrons. The topological polar surface area (TPSA) is 78.4 Å². The van der Waals surface area contributed by atoms with E-state index in [0.29, 0.717) is 12.1 Å². The highest BCUT2D eigenvalue weighted by Gasteiger charge is 2.37. The number of aliphatic carboxylic acids is 1. The molecule has 2 fully saturated rings. The van der Waals surface area contributed by atoms with Crippen LogP contribution in [0.3, 0.4) is 0 Å². The fourth-order valence-corrected chi connectivity index (χ4v) is 3.65. The van der Waals surface area contributed by atoms with Gasteiger partial charge >= 0.3 is 5.97 Å². The minimum Gasteiger partial charge on any atom is -0.480 e. The third-order valence-electron chi connectivity index (χ3n) is 4.43. The number of carboxylic acids is 1. The molecule has 6 nitrogen and oxygen atoms in total. The van der Waals surface area contributed by atoms with Crippen molar-refractivity contribution in [2.45, 2.75) is 57.5 Å². The van der Waals surface area contributed by atoms with E-state index in [0.717, 1.165) is 49.1 Å². The van der Waals surface area contributed by atoms with Crippen molar-refractivity contribution in [1.29, 1.82) is 0 Å². The average molecular weight is 324 g/mol. The maximum absolute atomic E-state index is 11.0. The van der Waals surface area contributed by atoms with Gasteiger partial charge < -0.3 is 10.4 Å². The molecule has 0 amide bonds. The van der Waals surface area contributed by atoms with E-state index >= 15 is 0 Å². The number of hydrogen-bond acceptors (Lipinski definition) is 6. The van der Waals surface area contributed by atoms with Crippen LogP contribution in [0.15, 0.2) is 0 Å². The minimum atomic E-state index is -0.717. The molecule has 0 bridgehead atoms. The molecule has 0 spiro atoms. The molecule has 2 N–H and O–H groups in total. The summed E-state index contributed by atoms with van der Waals surface area (Å²) in [6.45, 7) is 3.25. The first-order valence-electron chi connectivity index (χ1n) is 8.19. The van der Waals surface area contributed by atoms with Gasteiger partial charge in [-0.15, -0.1) is 0 Å². The van der Waals surface area contributed by atoms with E-state index in [2.05, 4.69) is 26.5 Å². The van der Waals surface area contributed by atoms with E-state index in [1.54, 1.807) is 0 Å². The first-order valence-corrected chi connectivity index (χ1v) is 8.96. The molecule has 1 aromatic rings. The number of aryl methyl sites for hydroxylation is 1. The summed E-state index contributed by atoms with van der Waals surface area (Å²) in [5, 5.41) is 13.4. The molecule has 0 aliphatic heterocycles. The standard InChI is InChI=1S/C15H24N4O2S/c1-2-3-13-17-15(22-18-13)16-11-6-12(7-11)19(9-14(20)21)8-10-4-5-10/h10-12H,2-9H2,1H3,(H,20,21)(H,16,17,18). The van der Waals surface area contributed by atoms with E-state index in [-0.39, 0.29) is 6.54 Å². The Bertz CT molecular complexity index is 511. The van der Waals surface area contributed by atoms with Crippen LogP contribution in [-0.4, -0.2) is 50.5 Å². The molecule has 1 aromatic heterocycles. The van der Waals surface area contributed by atoms with Gasteiger partial charge in [-0.3, -0.25) is 9.69 Å². The fourth-order valence-electron chi connectivity index (χ4n) is 2.96. The largest absolute Gasteiger partial charge is 0.480 e. The Morgan fingerprint density at radius 2 is 2.23 bits per heavy atom. The number of aromatic nitrogens is 2. The van der Waals surface area contributed by atoms with Crippen LogP contribution in [0, 0.1) is 5.92 Å². The monoisotopic (exact) mass is 324 g/mol. The maximum Gasteiger partial charge on any atom is 0.317 e. The summed E-state index contributed by atoms with van der Waals surface area (Å²) in [6, 6.07) is 0.806. The van der Waals surface area contributed by atoms with Gasteiger partial charge in [0, 0.05) is 36.6 Å². The first kappa shape index (κ1) is 15.7. The zero-order valence-corrected chi connectivity index (χ0v) is 13.8. The molecule has 22 heavy (non-hydrogen) atoms. The van der Waals surface area contributed by atoms with Crippen molar-refractivity contribution in [3.8, 4) is 0 Å². The number of rotatable bonds is 9. The summed E-state index contributed by atoms with van der Waals surface area (Å²) in [4.78, 5) is 17.7. The highest BCUT2D eigenvalue weighted by Crippen LogP contribution is 2.34. The zero-order valence-electron chi connectivity index (χ0n) is 13.0. The molecule has 0 atom stereocenters. The number of carboxylic acid groups (broad SMARTS) is 1. The number of nitrogens with zero attached hydrogens (tertiary/aromatic N) is 3. The van der Waals surface area contributed by atoms with Crippen LogP contribution in [0.4, 0.5) is 5.13 Å². The second kappa shape index (κ2) is 6.91.